The maximum Gasteiger partial charge on any atom is 0.329 e. The first kappa shape index (κ1) is 17.1. The Morgan fingerprint density at radius 2 is 1.96 bits per heavy atom. The van der Waals surface area contributed by atoms with Crippen LogP contribution in [0.1, 0.15) is 44.2 Å². The highest BCUT2D eigenvalue weighted by Gasteiger charge is 2.39. The van der Waals surface area contributed by atoms with E-state index in [2.05, 4.69) is 10.3 Å². The molecule has 0 aliphatic heterocycles. The highest BCUT2D eigenvalue weighted by Crippen LogP contribution is 2.29. The van der Waals surface area contributed by atoms with Gasteiger partial charge in [-0.1, -0.05) is 31.7 Å². The van der Waals surface area contributed by atoms with Gasteiger partial charge in [0.1, 0.15) is 10.5 Å². The van der Waals surface area contributed by atoms with Gasteiger partial charge < -0.3 is 10.4 Å². The number of aliphatic carboxylic acids is 1. The molecular weight excluding hydrogens is 344 g/mol. The van der Waals surface area contributed by atoms with Gasteiger partial charge in [-0.3, -0.25) is 4.79 Å². The summed E-state index contributed by atoms with van der Waals surface area (Å²) in [5.41, 5.74) is -0.421. The van der Waals surface area contributed by atoms with Gasteiger partial charge in [0.05, 0.1) is 17.0 Å². The molecule has 128 valence electrons. The smallest absolute Gasteiger partial charge is 0.329 e. The van der Waals surface area contributed by atoms with Crippen LogP contribution >= 0.6 is 22.7 Å². The van der Waals surface area contributed by atoms with Crippen molar-refractivity contribution in [2.45, 2.75) is 50.5 Å². The zero-order valence-electron chi connectivity index (χ0n) is 13.3. The van der Waals surface area contributed by atoms with Crippen LogP contribution in [0, 0.1) is 0 Å². The van der Waals surface area contributed by atoms with Crippen LogP contribution in [0.25, 0.3) is 9.88 Å². The average molecular weight is 364 g/mol. The summed E-state index contributed by atoms with van der Waals surface area (Å²) in [5.74, 6) is -1.18. The summed E-state index contributed by atoms with van der Waals surface area (Å²) >= 11 is 3.12. The number of carbonyl (C=O) groups excluding carboxylic acids is 1. The number of nitrogens with one attached hydrogen (secondary N) is 1. The first-order valence-corrected chi connectivity index (χ1v) is 9.88. The largest absolute Gasteiger partial charge is 0.480 e. The Labute approximate surface area is 148 Å². The Hall–Kier alpha value is -1.73. The summed E-state index contributed by atoms with van der Waals surface area (Å²) < 4.78 is 0. The van der Waals surface area contributed by atoms with Crippen molar-refractivity contribution < 1.29 is 14.7 Å². The molecule has 2 N–H and O–H groups in total. The van der Waals surface area contributed by atoms with Gasteiger partial charge in [0.25, 0.3) is 0 Å². The molecule has 1 aliphatic carbocycles. The van der Waals surface area contributed by atoms with Gasteiger partial charge in [-0.2, -0.15) is 0 Å². The quantitative estimate of drug-likeness (QED) is 0.793. The lowest BCUT2D eigenvalue weighted by Crippen LogP contribution is -2.54. The van der Waals surface area contributed by atoms with E-state index in [-0.39, 0.29) is 12.3 Å². The van der Waals surface area contributed by atoms with E-state index in [1.54, 1.807) is 11.3 Å². The summed E-state index contributed by atoms with van der Waals surface area (Å²) in [4.78, 5) is 29.7. The average Bonchev–Trinajstić information content (AvgIpc) is 3.16. The van der Waals surface area contributed by atoms with Crippen molar-refractivity contribution in [3.8, 4) is 9.88 Å². The molecule has 0 unspecified atom stereocenters. The molecule has 0 spiro atoms. The number of aromatic nitrogens is 1. The molecule has 24 heavy (non-hydrogen) atoms. The molecule has 1 saturated carbocycles. The molecule has 0 radical (unpaired) electrons. The Balaban J connectivity index is 1.67. The summed E-state index contributed by atoms with van der Waals surface area (Å²) in [6, 6.07) is 3.97. The van der Waals surface area contributed by atoms with Crippen LogP contribution in [0.3, 0.4) is 0 Å². The number of hydrogen-bond acceptors (Lipinski definition) is 5. The van der Waals surface area contributed by atoms with Gasteiger partial charge in [0.15, 0.2) is 0 Å². The molecule has 5 nitrogen and oxygen atoms in total. The van der Waals surface area contributed by atoms with E-state index in [0.29, 0.717) is 18.5 Å². The molecule has 3 rings (SSSR count). The van der Waals surface area contributed by atoms with Crippen LogP contribution in [0.2, 0.25) is 0 Å². The van der Waals surface area contributed by atoms with Gasteiger partial charge in [-0.05, 0) is 24.3 Å². The second-order valence-corrected chi connectivity index (χ2v) is 7.95. The highest BCUT2D eigenvalue weighted by atomic mass is 32.1. The fourth-order valence-corrected chi connectivity index (χ4v) is 4.74. The number of carboxylic acid groups (broad SMARTS) is 1. The van der Waals surface area contributed by atoms with Gasteiger partial charge >= 0.3 is 5.97 Å². The molecule has 0 aromatic carbocycles. The van der Waals surface area contributed by atoms with Crippen molar-refractivity contribution >= 4 is 34.6 Å². The molecule has 2 aromatic rings. The molecule has 0 bridgehead atoms. The number of thiophene rings is 1. The molecular formula is C17H20N2O3S2. The summed E-state index contributed by atoms with van der Waals surface area (Å²) in [6.07, 6.45) is 4.87. The third kappa shape index (κ3) is 3.84. The Morgan fingerprint density at radius 3 is 2.58 bits per heavy atom. The third-order valence-corrected chi connectivity index (χ3v) is 6.30. The topological polar surface area (TPSA) is 79.3 Å². The number of hydrogen-bond donors (Lipinski definition) is 2. The Morgan fingerprint density at radius 1 is 1.21 bits per heavy atom. The maximum atomic E-state index is 12.4. The number of nitrogens with zero attached hydrogens (tertiary/aromatic N) is 1. The Kier molecular flexibility index (Phi) is 5.30. The minimum Gasteiger partial charge on any atom is -0.480 e. The van der Waals surface area contributed by atoms with Crippen molar-refractivity contribution in [3.63, 3.8) is 0 Å². The van der Waals surface area contributed by atoms with Crippen LogP contribution in [0.4, 0.5) is 0 Å². The van der Waals surface area contributed by atoms with Gasteiger partial charge in [0.2, 0.25) is 5.91 Å². The first-order chi connectivity index (χ1) is 11.6. The molecule has 0 saturated heterocycles. The lowest BCUT2D eigenvalue weighted by molar-refractivity contribution is -0.148. The number of amides is 1. The van der Waals surface area contributed by atoms with E-state index in [4.69, 9.17) is 0 Å². The van der Waals surface area contributed by atoms with Gasteiger partial charge in [-0.25, -0.2) is 9.78 Å². The van der Waals surface area contributed by atoms with Crippen LogP contribution in [-0.4, -0.2) is 27.5 Å². The van der Waals surface area contributed by atoms with E-state index in [0.717, 1.165) is 35.6 Å². The number of carbonyl (C=O) groups is 2. The third-order valence-electron chi connectivity index (χ3n) is 4.37. The zero-order valence-corrected chi connectivity index (χ0v) is 14.9. The second-order valence-electron chi connectivity index (χ2n) is 6.15. The Bertz CT molecular complexity index is 701. The fraction of sp³-hybridized carbons (Fsp3) is 0.471. The molecule has 2 aromatic heterocycles. The molecule has 1 fully saturated rings. The standard InChI is InChI=1S/C17H20N2O3S2/c20-14(19-17(16(21)22)7-3-1-2-4-8-17)10-12-11-24-15(18-12)13-6-5-9-23-13/h5-6,9,11H,1-4,7-8,10H2,(H,19,20)(H,21,22). The van der Waals surface area contributed by atoms with Crippen LogP contribution in [0.15, 0.2) is 22.9 Å². The van der Waals surface area contributed by atoms with E-state index in [9.17, 15) is 14.7 Å². The van der Waals surface area contributed by atoms with E-state index < -0.39 is 11.5 Å². The van der Waals surface area contributed by atoms with Crippen molar-refractivity contribution in [1.29, 1.82) is 0 Å². The maximum absolute atomic E-state index is 12.4. The van der Waals surface area contributed by atoms with Crippen molar-refractivity contribution in [2.75, 3.05) is 0 Å². The lowest BCUT2D eigenvalue weighted by Gasteiger charge is -2.29. The molecule has 1 amide bonds. The first-order valence-electron chi connectivity index (χ1n) is 8.12. The summed E-state index contributed by atoms with van der Waals surface area (Å²) in [7, 11) is 0. The van der Waals surface area contributed by atoms with E-state index in [1.165, 1.54) is 11.3 Å². The van der Waals surface area contributed by atoms with Gasteiger partial charge in [0, 0.05) is 5.38 Å². The minimum absolute atomic E-state index is 0.122. The molecule has 2 heterocycles. The van der Waals surface area contributed by atoms with Crippen molar-refractivity contribution in [3.05, 3.63) is 28.6 Å². The summed E-state index contributed by atoms with van der Waals surface area (Å²) in [6.45, 7) is 0. The van der Waals surface area contributed by atoms with Crippen LogP contribution in [0.5, 0.6) is 0 Å². The minimum atomic E-state index is -1.11. The van der Waals surface area contributed by atoms with Crippen molar-refractivity contribution in [2.24, 2.45) is 0 Å². The summed E-state index contributed by atoms with van der Waals surface area (Å²) in [5, 5.41) is 17.2. The molecule has 0 atom stereocenters. The van der Waals surface area contributed by atoms with Gasteiger partial charge in [-0.15, -0.1) is 22.7 Å². The number of thiazole rings is 1. The normalized spacial score (nSPS) is 17.2. The number of rotatable bonds is 5. The number of carboxylic acids is 1. The monoisotopic (exact) mass is 364 g/mol. The fourth-order valence-electron chi connectivity index (χ4n) is 3.10. The second kappa shape index (κ2) is 7.44. The van der Waals surface area contributed by atoms with Crippen LogP contribution in [-0.2, 0) is 16.0 Å². The zero-order chi connectivity index (χ0) is 17.0. The lowest BCUT2D eigenvalue weighted by atomic mass is 9.90. The highest BCUT2D eigenvalue weighted by molar-refractivity contribution is 7.20. The SMILES string of the molecule is O=C(Cc1csc(-c2cccs2)n1)NC1(C(=O)O)CCCCCC1. The molecule has 7 heteroatoms. The predicted octanol–water partition coefficient (Wildman–Crippen LogP) is 3.71. The predicted molar refractivity (Wildman–Crippen MR) is 95.3 cm³/mol. The van der Waals surface area contributed by atoms with E-state index >= 15 is 0 Å². The van der Waals surface area contributed by atoms with Crippen LogP contribution < -0.4 is 5.32 Å². The molecule has 1 aliphatic rings. The van der Waals surface area contributed by atoms with Crippen molar-refractivity contribution in [1.82, 2.24) is 10.3 Å². The van der Waals surface area contributed by atoms with E-state index in [1.807, 2.05) is 22.9 Å².